The Morgan fingerprint density at radius 3 is 2.92 bits per heavy atom. The molecule has 0 spiro atoms. The number of carboxylic acid groups (broad SMARTS) is 1. The van der Waals surface area contributed by atoms with Crippen molar-refractivity contribution in [3.63, 3.8) is 0 Å². The number of rotatable bonds is 1. The second-order valence-electron chi connectivity index (χ2n) is 2.61. The van der Waals surface area contributed by atoms with E-state index in [0.29, 0.717) is 11.4 Å². The lowest BCUT2D eigenvalue weighted by Crippen LogP contribution is -2.06. The van der Waals surface area contributed by atoms with Crippen LogP contribution in [0.2, 0.25) is 0 Å². The lowest BCUT2D eigenvalue weighted by Gasteiger charge is -1.89. The highest BCUT2D eigenvalue weighted by Gasteiger charge is 2.21. The number of carbonyl (C=O) groups excluding carboxylic acids is 1. The minimum Gasteiger partial charge on any atom is -0.477 e. The molecule has 1 aromatic rings. The van der Waals surface area contributed by atoms with Crippen LogP contribution in [0.4, 0.5) is 5.69 Å². The van der Waals surface area contributed by atoms with Crippen molar-refractivity contribution in [3.05, 3.63) is 17.5 Å². The molecule has 5 nitrogen and oxygen atoms in total. The van der Waals surface area contributed by atoms with Crippen molar-refractivity contribution >= 4 is 17.6 Å². The molecular weight excluding hydrogens is 160 g/mol. The van der Waals surface area contributed by atoms with E-state index in [0.717, 1.165) is 0 Å². The molecule has 0 saturated carbocycles. The molecule has 0 atom stereocenters. The SMILES string of the molecule is O=C1Cc2[nH]c(C(=O)O)cc2N1. The molecule has 2 heterocycles. The minimum atomic E-state index is -1.02. The van der Waals surface area contributed by atoms with E-state index in [-0.39, 0.29) is 18.0 Å². The van der Waals surface area contributed by atoms with Crippen molar-refractivity contribution in [3.8, 4) is 0 Å². The Kier molecular flexibility index (Phi) is 1.21. The van der Waals surface area contributed by atoms with Crippen LogP contribution in [0.25, 0.3) is 0 Å². The van der Waals surface area contributed by atoms with E-state index < -0.39 is 5.97 Å². The average Bonchev–Trinajstić information content (AvgIpc) is 2.42. The third-order valence-corrected chi connectivity index (χ3v) is 1.74. The fourth-order valence-electron chi connectivity index (χ4n) is 1.22. The van der Waals surface area contributed by atoms with Gasteiger partial charge in [0.25, 0.3) is 0 Å². The van der Waals surface area contributed by atoms with Gasteiger partial charge in [0.05, 0.1) is 12.1 Å². The van der Waals surface area contributed by atoms with E-state index in [1.165, 1.54) is 6.07 Å². The van der Waals surface area contributed by atoms with E-state index >= 15 is 0 Å². The number of fused-ring (bicyclic) bond motifs is 1. The molecule has 5 heteroatoms. The van der Waals surface area contributed by atoms with Gasteiger partial charge in [-0.2, -0.15) is 0 Å². The van der Waals surface area contributed by atoms with E-state index in [4.69, 9.17) is 5.11 Å². The molecule has 1 aliphatic rings. The molecule has 0 fully saturated rings. The summed E-state index contributed by atoms with van der Waals surface area (Å²) in [5, 5.41) is 11.1. The third kappa shape index (κ3) is 0.868. The van der Waals surface area contributed by atoms with Crippen LogP contribution < -0.4 is 5.32 Å². The molecule has 0 unspecified atom stereocenters. The number of carboxylic acids is 1. The number of carbonyl (C=O) groups is 2. The zero-order valence-electron chi connectivity index (χ0n) is 6.05. The van der Waals surface area contributed by atoms with Crippen LogP contribution in [0, 0.1) is 0 Å². The summed E-state index contributed by atoms with van der Waals surface area (Å²) in [5.41, 5.74) is 1.34. The Hall–Kier alpha value is -1.78. The number of H-pyrrole nitrogens is 1. The normalized spacial score (nSPS) is 14.2. The predicted molar refractivity (Wildman–Crippen MR) is 40.1 cm³/mol. The molecule has 2 rings (SSSR count). The third-order valence-electron chi connectivity index (χ3n) is 1.74. The monoisotopic (exact) mass is 166 g/mol. The molecule has 0 bridgehead atoms. The average molecular weight is 166 g/mol. The van der Waals surface area contributed by atoms with Crippen LogP contribution in [-0.2, 0) is 11.2 Å². The lowest BCUT2D eigenvalue weighted by atomic mass is 10.3. The lowest BCUT2D eigenvalue weighted by molar-refractivity contribution is -0.115. The second-order valence-corrected chi connectivity index (χ2v) is 2.61. The number of aromatic nitrogens is 1. The zero-order chi connectivity index (χ0) is 8.72. The van der Waals surface area contributed by atoms with Gasteiger partial charge in [0.15, 0.2) is 0 Å². The van der Waals surface area contributed by atoms with Crippen LogP contribution in [-0.4, -0.2) is 22.0 Å². The van der Waals surface area contributed by atoms with Gasteiger partial charge in [-0.3, -0.25) is 4.79 Å². The molecule has 62 valence electrons. The van der Waals surface area contributed by atoms with Gasteiger partial charge < -0.3 is 15.4 Å². The number of aromatic carboxylic acids is 1. The highest BCUT2D eigenvalue weighted by molar-refractivity contribution is 6.00. The first kappa shape index (κ1) is 6.90. The predicted octanol–water partition coefficient (Wildman–Crippen LogP) is 0.207. The number of nitrogens with one attached hydrogen (secondary N) is 2. The summed E-state index contributed by atoms with van der Waals surface area (Å²) in [6, 6.07) is 1.42. The Morgan fingerprint density at radius 1 is 1.58 bits per heavy atom. The summed E-state index contributed by atoms with van der Waals surface area (Å²) in [5.74, 6) is -1.12. The van der Waals surface area contributed by atoms with Crippen molar-refractivity contribution in [2.45, 2.75) is 6.42 Å². The van der Waals surface area contributed by atoms with E-state index in [2.05, 4.69) is 10.3 Å². The summed E-state index contributed by atoms with van der Waals surface area (Å²) >= 11 is 0. The highest BCUT2D eigenvalue weighted by Crippen LogP contribution is 2.23. The van der Waals surface area contributed by atoms with Crippen LogP contribution in [0.5, 0.6) is 0 Å². The van der Waals surface area contributed by atoms with Crippen LogP contribution in [0.3, 0.4) is 0 Å². The quantitative estimate of drug-likeness (QED) is 0.557. The molecule has 1 amide bonds. The maximum atomic E-state index is 10.8. The Morgan fingerprint density at radius 2 is 2.33 bits per heavy atom. The van der Waals surface area contributed by atoms with Crippen molar-refractivity contribution in [2.75, 3.05) is 5.32 Å². The van der Waals surface area contributed by atoms with Gasteiger partial charge in [0.2, 0.25) is 5.91 Å². The molecular formula is C7H6N2O3. The van der Waals surface area contributed by atoms with Crippen molar-refractivity contribution in [1.82, 2.24) is 4.98 Å². The van der Waals surface area contributed by atoms with E-state index in [1.54, 1.807) is 0 Å². The zero-order valence-corrected chi connectivity index (χ0v) is 6.05. The van der Waals surface area contributed by atoms with E-state index in [9.17, 15) is 9.59 Å². The number of amides is 1. The van der Waals surface area contributed by atoms with Crippen molar-refractivity contribution in [2.24, 2.45) is 0 Å². The topological polar surface area (TPSA) is 82.2 Å². The molecule has 1 aliphatic heterocycles. The Bertz CT molecular complexity index is 341. The first-order chi connectivity index (χ1) is 5.66. The smallest absolute Gasteiger partial charge is 0.352 e. The summed E-state index contributed by atoms with van der Waals surface area (Å²) in [4.78, 5) is 23.8. The second kappa shape index (κ2) is 2.10. The Labute approximate surface area is 67.4 Å². The van der Waals surface area contributed by atoms with Gasteiger partial charge in [0, 0.05) is 5.69 Å². The number of anilines is 1. The van der Waals surface area contributed by atoms with Gasteiger partial charge in [-0.15, -0.1) is 0 Å². The molecule has 0 radical (unpaired) electrons. The van der Waals surface area contributed by atoms with Gasteiger partial charge in [-0.25, -0.2) is 4.79 Å². The largest absolute Gasteiger partial charge is 0.477 e. The molecule has 0 aliphatic carbocycles. The standard InChI is InChI=1S/C7H6N2O3/c10-6-2-4-3(9-6)1-5(8-4)7(11)12/h1,8H,2H2,(H,9,10)(H,11,12). The van der Waals surface area contributed by atoms with Crippen LogP contribution in [0.15, 0.2) is 6.07 Å². The van der Waals surface area contributed by atoms with Crippen molar-refractivity contribution < 1.29 is 14.7 Å². The maximum absolute atomic E-state index is 10.8. The summed E-state index contributed by atoms with van der Waals surface area (Å²) < 4.78 is 0. The molecule has 0 aromatic carbocycles. The van der Waals surface area contributed by atoms with Gasteiger partial charge in [-0.1, -0.05) is 0 Å². The van der Waals surface area contributed by atoms with E-state index in [1.807, 2.05) is 0 Å². The van der Waals surface area contributed by atoms with Crippen molar-refractivity contribution in [1.29, 1.82) is 0 Å². The number of hydrogen-bond donors (Lipinski definition) is 3. The summed E-state index contributed by atoms with van der Waals surface area (Å²) in [6.07, 6.45) is 0.239. The number of hydrogen-bond acceptors (Lipinski definition) is 2. The van der Waals surface area contributed by atoms with Crippen LogP contribution >= 0.6 is 0 Å². The Balaban J connectivity index is 2.40. The molecule has 3 N–H and O–H groups in total. The fourth-order valence-corrected chi connectivity index (χ4v) is 1.22. The fraction of sp³-hybridized carbons (Fsp3) is 0.143. The van der Waals surface area contributed by atoms with Gasteiger partial charge in [-0.05, 0) is 6.07 Å². The molecule has 12 heavy (non-hydrogen) atoms. The first-order valence-electron chi connectivity index (χ1n) is 3.42. The number of aromatic amines is 1. The van der Waals surface area contributed by atoms with Gasteiger partial charge in [0.1, 0.15) is 5.69 Å². The highest BCUT2D eigenvalue weighted by atomic mass is 16.4. The van der Waals surface area contributed by atoms with Gasteiger partial charge >= 0.3 is 5.97 Å². The molecule has 1 aromatic heterocycles. The maximum Gasteiger partial charge on any atom is 0.352 e. The minimum absolute atomic E-state index is 0.104. The molecule has 0 saturated heterocycles. The summed E-state index contributed by atoms with van der Waals surface area (Å²) in [7, 11) is 0. The van der Waals surface area contributed by atoms with Crippen LogP contribution in [0.1, 0.15) is 16.2 Å². The first-order valence-corrected chi connectivity index (χ1v) is 3.42. The summed E-state index contributed by atoms with van der Waals surface area (Å²) in [6.45, 7) is 0.